The summed E-state index contributed by atoms with van der Waals surface area (Å²) in [6.07, 6.45) is 2.25. The molecular weight excluding hydrogens is 330 g/mol. The Hall–Kier alpha value is -1.98. The summed E-state index contributed by atoms with van der Waals surface area (Å²) in [6, 6.07) is 19.3. The van der Waals surface area contributed by atoms with Crippen molar-refractivity contribution in [1.82, 2.24) is 4.90 Å². The molecule has 0 unspecified atom stereocenters. The second-order valence-electron chi connectivity index (χ2n) is 6.43. The van der Waals surface area contributed by atoms with Gasteiger partial charge in [-0.25, -0.2) is 0 Å². The van der Waals surface area contributed by atoms with Gasteiger partial charge in [-0.05, 0) is 30.5 Å². The Morgan fingerprint density at radius 2 is 1.76 bits per heavy atom. The predicted molar refractivity (Wildman–Crippen MR) is 105 cm³/mol. The molecule has 0 aliphatic carbocycles. The molecule has 1 aliphatic rings. The van der Waals surface area contributed by atoms with Gasteiger partial charge in [0, 0.05) is 36.3 Å². The number of primary amides is 1. The van der Waals surface area contributed by atoms with Crippen LogP contribution in [0.3, 0.4) is 0 Å². The topological polar surface area (TPSA) is 58.4 Å². The van der Waals surface area contributed by atoms with Crippen LogP contribution in [0, 0.1) is 0 Å². The number of carbonyl (C=O) groups is 1. The normalized spacial score (nSPS) is 15.8. The van der Waals surface area contributed by atoms with Gasteiger partial charge in [-0.3, -0.25) is 9.69 Å². The van der Waals surface area contributed by atoms with Gasteiger partial charge in [0.05, 0.1) is 5.75 Å². The molecule has 0 bridgehead atoms. The molecule has 1 heterocycles. The zero-order valence-corrected chi connectivity index (χ0v) is 15.2. The summed E-state index contributed by atoms with van der Waals surface area (Å²) >= 11 is 1.50. The fourth-order valence-electron chi connectivity index (χ4n) is 3.16. The van der Waals surface area contributed by atoms with E-state index in [1.807, 2.05) is 18.2 Å². The van der Waals surface area contributed by atoms with E-state index < -0.39 is 0 Å². The Labute approximate surface area is 153 Å². The van der Waals surface area contributed by atoms with E-state index in [-0.39, 0.29) is 5.91 Å². The number of anilines is 1. The average molecular weight is 356 g/mol. The Kier molecular flexibility index (Phi) is 6.36. The van der Waals surface area contributed by atoms with Crippen molar-refractivity contribution in [2.24, 2.45) is 5.73 Å². The van der Waals surface area contributed by atoms with Crippen LogP contribution in [-0.4, -0.2) is 35.7 Å². The fraction of sp³-hybridized carbons (Fsp3) is 0.350. The summed E-state index contributed by atoms with van der Waals surface area (Å²) in [5, 5.41) is 3.66. The lowest BCUT2D eigenvalue weighted by atomic mass is 10.0. The van der Waals surface area contributed by atoms with Crippen LogP contribution < -0.4 is 11.1 Å². The van der Waals surface area contributed by atoms with Gasteiger partial charge in [0.1, 0.15) is 0 Å². The average Bonchev–Trinajstić information content (AvgIpc) is 2.63. The molecule has 2 aromatic carbocycles. The maximum absolute atomic E-state index is 11.0. The van der Waals surface area contributed by atoms with Crippen LogP contribution in [0.5, 0.6) is 0 Å². The van der Waals surface area contributed by atoms with E-state index in [1.165, 1.54) is 17.3 Å². The molecule has 1 fully saturated rings. The minimum Gasteiger partial charge on any atom is -0.381 e. The first kappa shape index (κ1) is 17.8. The third-order valence-electron chi connectivity index (χ3n) is 4.45. The summed E-state index contributed by atoms with van der Waals surface area (Å²) in [6.45, 7) is 3.23. The van der Waals surface area contributed by atoms with Gasteiger partial charge in [-0.1, -0.05) is 42.5 Å². The lowest BCUT2D eigenvalue weighted by Crippen LogP contribution is -2.38. The summed E-state index contributed by atoms with van der Waals surface area (Å²) < 4.78 is 0. The molecule has 0 saturated carbocycles. The minimum absolute atomic E-state index is 0.283. The van der Waals surface area contributed by atoms with Gasteiger partial charge in [-0.15, -0.1) is 11.8 Å². The first-order valence-electron chi connectivity index (χ1n) is 8.73. The number of benzene rings is 2. The molecule has 1 amide bonds. The van der Waals surface area contributed by atoms with Crippen molar-refractivity contribution in [2.45, 2.75) is 30.3 Å². The maximum atomic E-state index is 11.0. The van der Waals surface area contributed by atoms with Crippen LogP contribution in [0.4, 0.5) is 5.69 Å². The van der Waals surface area contributed by atoms with E-state index in [0.717, 1.165) is 43.1 Å². The molecule has 132 valence electrons. The number of thioether (sulfide) groups is 1. The molecule has 1 saturated heterocycles. The minimum atomic E-state index is -0.283. The number of carbonyl (C=O) groups excluding carboxylic acids is 1. The van der Waals surface area contributed by atoms with E-state index in [9.17, 15) is 4.79 Å². The highest BCUT2D eigenvalue weighted by atomic mass is 32.2. The largest absolute Gasteiger partial charge is 0.381 e. The van der Waals surface area contributed by atoms with Crippen LogP contribution in [0.15, 0.2) is 59.5 Å². The highest BCUT2D eigenvalue weighted by molar-refractivity contribution is 8.00. The summed E-state index contributed by atoms with van der Waals surface area (Å²) in [7, 11) is 0. The Morgan fingerprint density at radius 1 is 1.08 bits per heavy atom. The molecule has 25 heavy (non-hydrogen) atoms. The summed E-state index contributed by atoms with van der Waals surface area (Å²) in [4.78, 5) is 14.6. The van der Waals surface area contributed by atoms with Gasteiger partial charge in [0.2, 0.25) is 5.91 Å². The Bertz CT molecular complexity index is 684. The second kappa shape index (κ2) is 8.92. The molecule has 1 aliphatic heterocycles. The van der Waals surface area contributed by atoms with Crippen LogP contribution in [0.1, 0.15) is 18.4 Å². The summed E-state index contributed by atoms with van der Waals surface area (Å²) in [5.41, 5.74) is 7.75. The highest BCUT2D eigenvalue weighted by Crippen LogP contribution is 2.28. The molecule has 2 aromatic rings. The van der Waals surface area contributed by atoms with E-state index in [0.29, 0.717) is 11.8 Å². The fourth-order valence-corrected chi connectivity index (χ4v) is 3.91. The number of hydrogen-bond donors (Lipinski definition) is 2. The molecule has 5 heteroatoms. The molecule has 0 aromatic heterocycles. The van der Waals surface area contributed by atoms with Crippen LogP contribution in [0.2, 0.25) is 0 Å². The predicted octanol–water partition coefficient (Wildman–Crippen LogP) is 3.34. The third kappa shape index (κ3) is 5.51. The molecule has 0 radical (unpaired) electrons. The van der Waals surface area contributed by atoms with Crippen molar-refractivity contribution in [1.29, 1.82) is 0 Å². The van der Waals surface area contributed by atoms with Crippen molar-refractivity contribution >= 4 is 23.4 Å². The second-order valence-corrected chi connectivity index (χ2v) is 7.45. The van der Waals surface area contributed by atoms with Crippen molar-refractivity contribution in [3.63, 3.8) is 0 Å². The van der Waals surface area contributed by atoms with Crippen LogP contribution >= 0.6 is 11.8 Å². The molecule has 0 atom stereocenters. The van der Waals surface area contributed by atoms with Crippen LogP contribution in [-0.2, 0) is 11.3 Å². The molecular formula is C20H25N3OS. The standard InChI is InChI=1S/C20H25N3OS/c21-20(24)15-25-19-9-5-4-8-18(19)22-17-10-12-23(13-11-17)14-16-6-2-1-3-7-16/h1-9,17,22H,10-15H2,(H2,21,24). The van der Waals surface area contributed by atoms with Crippen molar-refractivity contribution in [2.75, 3.05) is 24.2 Å². The number of nitrogens with two attached hydrogens (primary N) is 1. The molecule has 3 rings (SSSR count). The third-order valence-corrected chi connectivity index (χ3v) is 5.55. The quantitative estimate of drug-likeness (QED) is 0.748. The van der Waals surface area contributed by atoms with Crippen molar-refractivity contribution < 1.29 is 4.79 Å². The lowest BCUT2D eigenvalue weighted by molar-refractivity contribution is -0.115. The highest BCUT2D eigenvalue weighted by Gasteiger charge is 2.19. The first-order chi connectivity index (χ1) is 12.2. The SMILES string of the molecule is NC(=O)CSc1ccccc1NC1CCN(Cc2ccccc2)CC1. The van der Waals surface area contributed by atoms with Gasteiger partial charge in [0.15, 0.2) is 0 Å². The maximum Gasteiger partial charge on any atom is 0.227 e. The van der Waals surface area contributed by atoms with E-state index in [1.54, 1.807) is 0 Å². The first-order valence-corrected chi connectivity index (χ1v) is 9.72. The number of hydrogen-bond acceptors (Lipinski definition) is 4. The van der Waals surface area contributed by atoms with Gasteiger partial charge in [-0.2, -0.15) is 0 Å². The number of amides is 1. The number of rotatable bonds is 7. The molecule has 0 spiro atoms. The Morgan fingerprint density at radius 3 is 2.48 bits per heavy atom. The van der Waals surface area contributed by atoms with Gasteiger partial charge in [0.25, 0.3) is 0 Å². The van der Waals surface area contributed by atoms with Crippen molar-refractivity contribution in [3.8, 4) is 0 Å². The van der Waals surface area contributed by atoms with Crippen molar-refractivity contribution in [3.05, 3.63) is 60.2 Å². The van der Waals surface area contributed by atoms with Crippen LogP contribution in [0.25, 0.3) is 0 Å². The number of nitrogens with one attached hydrogen (secondary N) is 1. The zero-order valence-electron chi connectivity index (χ0n) is 14.4. The monoisotopic (exact) mass is 355 g/mol. The van der Waals surface area contributed by atoms with Gasteiger partial charge >= 0.3 is 0 Å². The van der Waals surface area contributed by atoms with E-state index >= 15 is 0 Å². The number of para-hydroxylation sites is 1. The smallest absolute Gasteiger partial charge is 0.227 e. The number of piperidine rings is 1. The zero-order chi connectivity index (χ0) is 17.5. The lowest BCUT2D eigenvalue weighted by Gasteiger charge is -2.33. The summed E-state index contributed by atoms with van der Waals surface area (Å²) in [5.74, 6) is 0.0304. The number of likely N-dealkylation sites (tertiary alicyclic amines) is 1. The van der Waals surface area contributed by atoms with E-state index in [2.05, 4.69) is 46.6 Å². The van der Waals surface area contributed by atoms with Gasteiger partial charge < -0.3 is 11.1 Å². The number of nitrogens with zero attached hydrogens (tertiary/aromatic N) is 1. The molecule has 4 nitrogen and oxygen atoms in total. The van der Waals surface area contributed by atoms with E-state index in [4.69, 9.17) is 5.73 Å². The molecule has 3 N–H and O–H groups in total. The Balaban J connectivity index is 1.51.